The average Bonchev–Trinajstić information content (AvgIpc) is 1.95. The molecule has 1 rings (SSSR count). The lowest BCUT2D eigenvalue weighted by Gasteiger charge is -2.00. The van der Waals surface area contributed by atoms with Gasteiger partial charge in [0.1, 0.15) is 5.82 Å². The summed E-state index contributed by atoms with van der Waals surface area (Å²) in [4.78, 5) is 4.16. The van der Waals surface area contributed by atoms with Crippen LogP contribution < -0.4 is 5.73 Å². The molecular formula is C7H12N4. The van der Waals surface area contributed by atoms with Gasteiger partial charge in [0, 0.05) is 6.42 Å². The molecule has 0 fully saturated rings. The van der Waals surface area contributed by atoms with Crippen LogP contribution in [-0.2, 0) is 6.42 Å². The Kier molecular flexibility index (Phi) is 2.48. The molecule has 2 N–H and O–H groups in total. The molecule has 0 atom stereocenters. The summed E-state index contributed by atoms with van der Waals surface area (Å²) in [6.45, 7) is 4.35. The minimum absolute atomic E-state index is 0.597. The van der Waals surface area contributed by atoms with E-state index in [1.807, 2.05) is 13.8 Å². The van der Waals surface area contributed by atoms with Gasteiger partial charge in [0.2, 0.25) is 0 Å². The zero-order valence-electron chi connectivity index (χ0n) is 6.83. The van der Waals surface area contributed by atoms with Crippen molar-refractivity contribution in [3.8, 4) is 0 Å². The van der Waals surface area contributed by atoms with Crippen LogP contribution in [0.2, 0.25) is 0 Å². The molecule has 0 spiro atoms. The van der Waals surface area contributed by atoms with Crippen LogP contribution in [0.3, 0.4) is 0 Å². The van der Waals surface area contributed by atoms with Gasteiger partial charge >= 0.3 is 0 Å². The van der Waals surface area contributed by atoms with Gasteiger partial charge < -0.3 is 5.73 Å². The first-order chi connectivity index (χ1) is 5.24. The predicted molar refractivity (Wildman–Crippen MR) is 42.1 cm³/mol. The van der Waals surface area contributed by atoms with Gasteiger partial charge in [-0.1, -0.05) is 0 Å². The van der Waals surface area contributed by atoms with Gasteiger partial charge in [0.05, 0.1) is 11.4 Å². The van der Waals surface area contributed by atoms with Crippen molar-refractivity contribution in [2.45, 2.75) is 20.3 Å². The summed E-state index contributed by atoms with van der Waals surface area (Å²) in [6.07, 6.45) is 0.756. The van der Waals surface area contributed by atoms with Crippen molar-refractivity contribution < 1.29 is 0 Å². The van der Waals surface area contributed by atoms with E-state index in [0.29, 0.717) is 12.4 Å². The van der Waals surface area contributed by atoms with E-state index >= 15 is 0 Å². The second-order valence-corrected chi connectivity index (χ2v) is 2.43. The van der Waals surface area contributed by atoms with Gasteiger partial charge in [-0.15, -0.1) is 5.10 Å². The fraction of sp³-hybridized carbons (Fsp3) is 0.571. The quantitative estimate of drug-likeness (QED) is 0.647. The smallest absolute Gasteiger partial charge is 0.148 e. The van der Waals surface area contributed by atoms with Gasteiger partial charge in [-0.05, 0) is 20.4 Å². The number of nitrogens with zero attached hydrogens (tertiary/aromatic N) is 3. The Morgan fingerprint density at radius 2 is 2.00 bits per heavy atom. The van der Waals surface area contributed by atoms with Gasteiger partial charge in [0.25, 0.3) is 0 Å². The lowest BCUT2D eigenvalue weighted by molar-refractivity contribution is 0.791. The monoisotopic (exact) mass is 152 g/mol. The third-order valence-electron chi connectivity index (χ3n) is 1.44. The highest BCUT2D eigenvalue weighted by Gasteiger charge is 2.00. The van der Waals surface area contributed by atoms with Crippen molar-refractivity contribution in [2.24, 2.45) is 5.73 Å². The number of aromatic nitrogens is 3. The normalized spacial score (nSPS) is 10.1. The van der Waals surface area contributed by atoms with Crippen LogP contribution in [0.25, 0.3) is 0 Å². The third kappa shape index (κ3) is 1.94. The van der Waals surface area contributed by atoms with E-state index in [9.17, 15) is 0 Å². The predicted octanol–water partition coefficient (Wildman–Crippen LogP) is -0.0104. The van der Waals surface area contributed by atoms with Crippen LogP contribution in [0.5, 0.6) is 0 Å². The molecule has 4 nitrogen and oxygen atoms in total. The van der Waals surface area contributed by atoms with Crippen molar-refractivity contribution in [3.63, 3.8) is 0 Å². The first kappa shape index (κ1) is 8.07. The van der Waals surface area contributed by atoms with E-state index in [2.05, 4.69) is 15.2 Å². The summed E-state index contributed by atoms with van der Waals surface area (Å²) >= 11 is 0. The van der Waals surface area contributed by atoms with Gasteiger partial charge in [-0.3, -0.25) is 0 Å². The zero-order chi connectivity index (χ0) is 8.27. The third-order valence-corrected chi connectivity index (χ3v) is 1.44. The molecule has 0 saturated carbocycles. The Balaban J connectivity index is 2.90. The van der Waals surface area contributed by atoms with E-state index in [1.54, 1.807) is 0 Å². The Morgan fingerprint density at radius 3 is 2.55 bits per heavy atom. The lowest BCUT2D eigenvalue weighted by Crippen LogP contribution is -2.09. The molecule has 0 aromatic carbocycles. The van der Waals surface area contributed by atoms with Crippen molar-refractivity contribution in [1.82, 2.24) is 15.2 Å². The van der Waals surface area contributed by atoms with Crippen LogP contribution >= 0.6 is 0 Å². The summed E-state index contributed by atoms with van der Waals surface area (Å²) in [5.74, 6) is 0.711. The molecule has 4 heteroatoms. The second kappa shape index (κ2) is 3.39. The Bertz CT molecular complexity index is 246. The molecule has 0 saturated heterocycles. The molecule has 0 aliphatic rings. The number of aryl methyl sites for hydroxylation is 2. The van der Waals surface area contributed by atoms with E-state index in [0.717, 1.165) is 17.8 Å². The molecule has 0 amide bonds. The highest BCUT2D eigenvalue weighted by molar-refractivity contribution is 5.07. The molecule has 1 heterocycles. The Hall–Kier alpha value is -1.03. The van der Waals surface area contributed by atoms with Crippen molar-refractivity contribution in [1.29, 1.82) is 0 Å². The fourth-order valence-electron chi connectivity index (χ4n) is 0.902. The number of hydrogen-bond donors (Lipinski definition) is 1. The molecule has 60 valence electrons. The summed E-state index contributed by atoms with van der Waals surface area (Å²) < 4.78 is 0. The van der Waals surface area contributed by atoms with Gasteiger partial charge in [0.15, 0.2) is 0 Å². The molecule has 1 aromatic heterocycles. The molecule has 0 unspecified atom stereocenters. The number of nitrogens with two attached hydrogens (primary N) is 1. The van der Waals surface area contributed by atoms with Gasteiger partial charge in [-0.25, -0.2) is 4.98 Å². The van der Waals surface area contributed by atoms with Crippen LogP contribution in [-0.4, -0.2) is 21.7 Å². The number of rotatable bonds is 2. The van der Waals surface area contributed by atoms with E-state index < -0.39 is 0 Å². The summed E-state index contributed by atoms with van der Waals surface area (Å²) in [6, 6.07) is 0. The zero-order valence-corrected chi connectivity index (χ0v) is 6.83. The molecule has 1 aromatic rings. The maximum atomic E-state index is 5.37. The first-order valence-electron chi connectivity index (χ1n) is 3.61. The molecule has 0 radical (unpaired) electrons. The summed E-state index contributed by atoms with van der Waals surface area (Å²) in [7, 11) is 0. The highest BCUT2D eigenvalue weighted by Crippen LogP contribution is 1.99. The first-order valence-corrected chi connectivity index (χ1v) is 3.61. The topological polar surface area (TPSA) is 64.7 Å². The molecule has 0 bridgehead atoms. The van der Waals surface area contributed by atoms with Crippen molar-refractivity contribution in [3.05, 3.63) is 17.2 Å². The fourth-order valence-corrected chi connectivity index (χ4v) is 0.902. The standard InChI is InChI=1S/C7H12N4/c1-5-7(3-4-8)11-10-6(2)9-5/h3-4,8H2,1-2H3. The Morgan fingerprint density at radius 1 is 1.27 bits per heavy atom. The summed E-state index contributed by atoms with van der Waals surface area (Å²) in [5, 5.41) is 7.82. The van der Waals surface area contributed by atoms with Crippen LogP contribution in [0.15, 0.2) is 0 Å². The Labute approximate surface area is 65.9 Å². The van der Waals surface area contributed by atoms with Crippen LogP contribution in [0.4, 0.5) is 0 Å². The van der Waals surface area contributed by atoms with E-state index in [4.69, 9.17) is 5.73 Å². The second-order valence-electron chi connectivity index (χ2n) is 2.43. The molecule has 0 aliphatic heterocycles. The van der Waals surface area contributed by atoms with E-state index in [1.165, 1.54) is 0 Å². The maximum Gasteiger partial charge on any atom is 0.148 e. The van der Waals surface area contributed by atoms with E-state index in [-0.39, 0.29) is 0 Å². The average molecular weight is 152 g/mol. The van der Waals surface area contributed by atoms with Gasteiger partial charge in [-0.2, -0.15) is 5.10 Å². The van der Waals surface area contributed by atoms with Crippen LogP contribution in [0, 0.1) is 13.8 Å². The minimum atomic E-state index is 0.597. The SMILES string of the molecule is Cc1nnc(CCN)c(C)n1. The largest absolute Gasteiger partial charge is 0.330 e. The lowest BCUT2D eigenvalue weighted by atomic mass is 10.2. The van der Waals surface area contributed by atoms with Crippen molar-refractivity contribution in [2.75, 3.05) is 6.54 Å². The maximum absolute atomic E-state index is 5.37. The molecule has 0 aliphatic carbocycles. The number of hydrogen-bond acceptors (Lipinski definition) is 4. The van der Waals surface area contributed by atoms with Crippen molar-refractivity contribution >= 4 is 0 Å². The highest BCUT2D eigenvalue weighted by atomic mass is 15.2. The minimum Gasteiger partial charge on any atom is -0.330 e. The summed E-state index contributed by atoms with van der Waals surface area (Å²) in [5.41, 5.74) is 7.21. The molecular weight excluding hydrogens is 140 g/mol. The van der Waals surface area contributed by atoms with Crippen LogP contribution in [0.1, 0.15) is 17.2 Å². The molecule has 11 heavy (non-hydrogen) atoms.